The second kappa shape index (κ2) is 6.27. The molecule has 86 valence electrons. The molecule has 0 saturated carbocycles. The van der Waals surface area contributed by atoms with Crippen molar-refractivity contribution in [3.05, 3.63) is 41.3 Å². The van der Waals surface area contributed by atoms with Crippen LogP contribution in [0.5, 0.6) is 0 Å². The summed E-state index contributed by atoms with van der Waals surface area (Å²) in [5, 5.41) is 1.03. The van der Waals surface area contributed by atoms with Crippen LogP contribution < -0.4 is 0 Å². The van der Waals surface area contributed by atoms with Gasteiger partial charge in [0, 0.05) is 10.3 Å². The molecule has 0 radical (unpaired) electrons. The molecule has 1 aromatic rings. The summed E-state index contributed by atoms with van der Waals surface area (Å²) in [6.07, 6.45) is 0. The van der Waals surface area contributed by atoms with Crippen LogP contribution in [0.4, 0.5) is 8.78 Å². The van der Waals surface area contributed by atoms with E-state index in [1.54, 1.807) is 6.92 Å². The molecule has 5 heteroatoms. The van der Waals surface area contributed by atoms with Crippen LogP contribution >= 0.6 is 11.8 Å². The molecule has 1 aromatic carbocycles. The second-order valence-electron chi connectivity index (χ2n) is 2.76. The number of halogens is 2. The van der Waals surface area contributed by atoms with E-state index in [1.807, 2.05) is 0 Å². The largest absolute Gasteiger partial charge is 0.461 e. The molecule has 1 rings (SSSR count). The lowest BCUT2D eigenvalue weighted by molar-refractivity contribution is -0.140. The quantitative estimate of drug-likeness (QED) is 0.462. The van der Waals surface area contributed by atoms with Crippen LogP contribution in [0.2, 0.25) is 0 Å². The number of carbonyl (C=O) groups is 1. The fraction of sp³-hybridized carbons (Fsp3) is 0.182. The third-order valence-corrected chi connectivity index (χ3v) is 2.45. The molecule has 0 aliphatic heterocycles. The van der Waals surface area contributed by atoms with E-state index < -0.39 is 11.8 Å². The Balaban J connectivity index is 2.58. The number of thioether (sulfide) groups is 1. The molecule has 16 heavy (non-hydrogen) atoms. The Morgan fingerprint density at radius 1 is 1.44 bits per heavy atom. The van der Waals surface area contributed by atoms with Gasteiger partial charge in [0.1, 0.15) is 5.82 Å². The maximum Gasteiger partial charge on any atom is 0.367 e. The fourth-order valence-electron chi connectivity index (χ4n) is 0.881. The van der Waals surface area contributed by atoms with Gasteiger partial charge in [0.15, 0.2) is 0 Å². The number of esters is 1. The van der Waals surface area contributed by atoms with Crippen LogP contribution in [0.1, 0.15) is 6.92 Å². The van der Waals surface area contributed by atoms with E-state index in [0.29, 0.717) is 4.90 Å². The second-order valence-corrected chi connectivity index (χ2v) is 3.70. The molecule has 0 aromatic heterocycles. The van der Waals surface area contributed by atoms with Gasteiger partial charge < -0.3 is 4.74 Å². The predicted octanol–water partition coefficient (Wildman–Crippen LogP) is 3.29. The average molecular weight is 244 g/mol. The maximum atomic E-state index is 13.0. The number of rotatable bonds is 4. The first-order valence-corrected chi connectivity index (χ1v) is 5.46. The monoisotopic (exact) mass is 244 g/mol. The Labute approximate surface area is 96.3 Å². The van der Waals surface area contributed by atoms with Crippen molar-refractivity contribution >= 4 is 17.7 Å². The Hall–Kier alpha value is -1.36. The van der Waals surface area contributed by atoms with Crippen molar-refractivity contribution in [2.75, 3.05) is 6.61 Å². The van der Waals surface area contributed by atoms with E-state index in [1.165, 1.54) is 24.3 Å². The number of benzene rings is 1. The zero-order chi connectivity index (χ0) is 12.0. The summed E-state index contributed by atoms with van der Waals surface area (Å²) in [5.74, 6) is -2.31. The number of hydrogen-bond donors (Lipinski definition) is 0. The lowest BCUT2D eigenvalue weighted by Crippen LogP contribution is -2.03. The minimum Gasteiger partial charge on any atom is -0.461 e. The molecule has 0 bridgehead atoms. The summed E-state index contributed by atoms with van der Waals surface area (Å²) in [6, 6.07) is 5.51. The van der Waals surface area contributed by atoms with Crippen molar-refractivity contribution < 1.29 is 18.3 Å². The molecule has 0 N–H and O–H groups in total. The van der Waals surface area contributed by atoms with Crippen LogP contribution in [0, 0.1) is 5.82 Å². The van der Waals surface area contributed by atoms with Gasteiger partial charge in [0.2, 0.25) is 5.83 Å². The van der Waals surface area contributed by atoms with Gasteiger partial charge in [0.05, 0.1) is 6.61 Å². The van der Waals surface area contributed by atoms with Crippen LogP contribution in [-0.4, -0.2) is 12.6 Å². The highest BCUT2D eigenvalue weighted by Crippen LogP contribution is 2.21. The smallest absolute Gasteiger partial charge is 0.367 e. The van der Waals surface area contributed by atoms with Gasteiger partial charge in [-0.25, -0.2) is 9.18 Å². The molecule has 0 saturated heterocycles. The summed E-state index contributed by atoms with van der Waals surface area (Å²) < 4.78 is 30.0. The van der Waals surface area contributed by atoms with E-state index in [9.17, 15) is 13.6 Å². The Bertz CT molecular complexity index is 387. The van der Waals surface area contributed by atoms with Gasteiger partial charge in [-0.15, -0.1) is 0 Å². The van der Waals surface area contributed by atoms with Gasteiger partial charge >= 0.3 is 5.97 Å². The lowest BCUT2D eigenvalue weighted by atomic mass is 10.4. The molecular weight excluding hydrogens is 234 g/mol. The van der Waals surface area contributed by atoms with Crippen molar-refractivity contribution in [3.63, 3.8) is 0 Å². The van der Waals surface area contributed by atoms with Crippen LogP contribution in [-0.2, 0) is 9.53 Å². The molecule has 0 fully saturated rings. The molecule has 0 spiro atoms. The first-order chi connectivity index (χ1) is 7.63. The average Bonchev–Trinajstić information content (AvgIpc) is 2.28. The van der Waals surface area contributed by atoms with E-state index in [0.717, 1.165) is 17.2 Å². The number of hydrogen-bond acceptors (Lipinski definition) is 3. The lowest BCUT2D eigenvalue weighted by Gasteiger charge is -1.98. The van der Waals surface area contributed by atoms with E-state index in [2.05, 4.69) is 4.74 Å². The molecule has 0 aliphatic carbocycles. The molecule has 0 atom stereocenters. The van der Waals surface area contributed by atoms with Crippen LogP contribution in [0.15, 0.2) is 40.4 Å². The molecular formula is C11H10F2O2S. The van der Waals surface area contributed by atoms with Crippen molar-refractivity contribution in [1.82, 2.24) is 0 Å². The maximum absolute atomic E-state index is 13.0. The molecule has 2 nitrogen and oxygen atoms in total. The molecule has 0 heterocycles. The van der Waals surface area contributed by atoms with Crippen molar-refractivity contribution in [2.24, 2.45) is 0 Å². The topological polar surface area (TPSA) is 26.3 Å². The Kier molecular flexibility index (Phi) is 4.98. The highest BCUT2D eigenvalue weighted by molar-refractivity contribution is 8.02. The van der Waals surface area contributed by atoms with Crippen LogP contribution in [0.25, 0.3) is 0 Å². The summed E-state index contributed by atoms with van der Waals surface area (Å²) in [5.41, 5.74) is 0. The minimum absolute atomic E-state index is 0.126. The number of carbonyl (C=O) groups excluding carboxylic acids is 1. The van der Waals surface area contributed by atoms with Crippen molar-refractivity contribution in [1.29, 1.82) is 0 Å². The normalized spacial score (nSPS) is 11.3. The molecule has 0 amide bonds. The third-order valence-electron chi connectivity index (χ3n) is 1.58. The van der Waals surface area contributed by atoms with Crippen molar-refractivity contribution in [3.8, 4) is 0 Å². The van der Waals surface area contributed by atoms with Crippen LogP contribution in [0.3, 0.4) is 0 Å². The summed E-state index contributed by atoms with van der Waals surface area (Å²) in [6.45, 7) is 1.72. The highest BCUT2D eigenvalue weighted by atomic mass is 32.2. The minimum atomic E-state index is -0.989. The van der Waals surface area contributed by atoms with E-state index in [4.69, 9.17) is 0 Å². The van der Waals surface area contributed by atoms with Gasteiger partial charge in [-0.1, -0.05) is 11.8 Å². The standard InChI is InChI=1S/C11H10F2O2S/c1-2-15-11(14)10(13)7-16-9-5-3-8(12)4-6-9/h3-7H,2H2,1H3/b10-7-. The predicted molar refractivity (Wildman–Crippen MR) is 58.1 cm³/mol. The zero-order valence-electron chi connectivity index (χ0n) is 8.57. The summed E-state index contributed by atoms with van der Waals surface area (Å²) in [4.78, 5) is 11.5. The third kappa shape index (κ3) is 4.02. The van der Waals surface area contributed by atoms with E-state index >= 15 is 0 Å². The zero-order valence-corrected chi connectivity index (χ0v) is 9.39. The SMILES string of the molecule is CCOC(=O)/C(F)=C/Sc1ccc(F)cc1. The van der Waals surface area contributed by atoms with E-state index in [-0.39, 0.29) is 12.4 Å². The van der Waals surface area contributed by atoms with Gasteiger partial charge in [0.25, 0.3) is 0 Å². The van der Waals surface area contributed by atoms with Gasteiger partial charge in [-0.3, -0.25) is 0 Å². The first kappa shape index (κ1) is 12.7. The Morgan fingerprint density at radius 2 is 2.06 bits per heavy atom. The fourth-order valence-corrected chi connectivity index (χ4v) is 1.51. The van der Waals surface area contributed by atoms with Gasteiger partial charge in [-0.2, -0.15) is 4.39 Å². The molecule has 0 unspecified atom stereocenters. The summed E-state index contributed by atoms with van der Waals surface area (Å²) in [7, 11) is 0. The molecule has 0 aliphatic rings. The Morgan fingerprint density at radius 3 is 2.62 bits per heavy atom. The summed E-state index contributed by atoms with van der Waals surface area (Å²) >= 11 is 0.987. The number of ether oxygens (including phenoxy) is 1. The van der Waals surface area contributed by atoms with Crippen molar-refractivity contribution in [2.45, 2.75) is 11.8 Å². The highest BCUT2D eigenvalue weighted by Gasteiger charge is 2.08. The first-order valence-electron chi connectivity index (χ1n) is 4.58. The van der Waals surface area contributed by atoms with Gasteiger partial charge in [-0.05, 0) is 31.2 Å².